The summed E-state index contributed by atoms with van der Waals surface area (Å²) in [6.45, 7) is 4.60. The van der Waals surface area contributed by atoms with Crippen molar-refractivity contribution in [2.75, 3.05) is 25.0 Å². The molecule has 2 heterocycles. The Bertz CT molecular complexity index is 499. The smallest absolute Gasteiger partial charge is 0.257 e. The number of hydrogen-bond donors (Lipinski definition) is 1. The molecule has 0 unspecified atom stereocenters. The minimum Gasteiger partial charge on any atom is -0.370 e. The molecule has 4 heteroatoms. The zero-order valence-corrected chi connectivity index (χ0v) is 12.9. The molecule has 0 atom stereocenters. The van der Waals surface area contributed by atoms with Crippen LogP contribution in [-0.4, -0.2) is 35.4 Å². The molecule has 1 amide bonds. The van der Waals surface area contributed by atoms with Crippen molar-refractivity contribution < 1.29 is 4.79 Å². The lowest BCUT2D eigenvalue weighted by molar-refractivity contribution is 0.0588. The highest BCUT2D eigenvalue weighted by atomic mass is 16.2. The molecule has 1 aromatic rings. The van der Waals surface area contributed by atoms with Gasteiger partial charge in [0.2, 0.25) is 0 Å². The van der Waals surface area contributed by atoms with Gasteiger partial charge in [-0.15, -0.1) is 0 Å². The SMILES string of the molecule is CCNc1ncccc1C(=O)N1CCC2(CCCC2)CC1. The van der Waals surface area contributed by atoms with Crippen molar-refractivity contribution >= 4 is 11.7 Å². The first kappa shape index (κ1) is 14.4. The molecule has 1 aliphatic carbocycles. The number of rotatable bonds is 3. The van der Waals surface area contributed by atoms with Crippen molar-refractivity contribution in [3.8, 4) is 0 Å². The van der Waals surface area contributed by atoms with Crippen LogP contribution in [0.3, 0.4) is 0 Å². The predicted octanol–water partition coefficient (Wildman–Crippen LogP) is 3.31. The Kier molecular flexibility index (Phi) is 4.13. The van der Waals surface area contributed by atoms with E-state index < -0.39 is 0 Å². The van der Waals surface area contributed by atoms with E-state index in [1.165, 1.54) is 38.5 Å². The first-order chi connectivity index (χ1) is 10.2. The molecule has 21 heavy (non-hydrogen) atoms. The van der Waals surface area contributed by atoms with Gasteiger partial charge in [0.05, 0.1) is 5.56 Å². The van der Waals surface area contributed by atoms with Crippen molar-refractivity contribution in [3.05, 3.63) is 23.9 Å². The van der Waals surface area contributed by atoms with Crippen LogP contribution in [0.4, 0.5) is 5.82 Å². The van der Waals surface area contributed by atoms with Gasteiger partial charge in [0.15, 0.2) is 0 Å². The van der Waals surface area contributed by atoms with Crippen LogP contribution in [0, 0.1) is 5.41 Å². The van der Waals surface area contributed by atoms with E-state index >= 15 is 0 Å². The second-order valence-electron chi connectivity index (χ2n) is 6.43. The summed E-state index contributed by atoms with van der Waals surface area (Å²) in [6, 6.07) is 3.73. The second kappa shape index (κ2) is 6.04. The maximum absolute atomic E-state index is 12.7. The molecule has 2 aliphatic rings. The number of nitrogens with zero attached hydrogens (tertiary/aromatic N) is 2. The highest BCUT2D eigenvalue weighted by Crippen LogP contribution is 2.46. The predicted molar refractivity (Wildman–Crippen MR) is 84.4 cm³/mol. The number of likely N-dealkylation sites (tertiary alicyclic amines) is 1. The van der Waals surface area contributed by atoms with Crippen molar-refractivity contribution in [3.63, 3.8) is 0 Å². The number of amides is 1. The van der Waals surface area contributed by atoms with E-state index in [1.54, 1.807) is 6.20 Å². The van der Waals surface area contributed by atoms with E-state index in [4.69, 9.17) is 0 Å². The van der Waals surface area contributed by atoms with Gasteiger partial charge in [0.25, 0.3) is 5.91 Å². The molecule has 3 rings (SSSR count). The zero-order valence-electron chi connectivity index (χ0n) is 12.9. The van der Waals surface area contributed by atoms with Crippen LogP contribution >= 0.6 is 0 Å². The Balaban J connectivity index is 1.69. The quantitative estimate of drug-likeness (QED) is 0.927. The third-order valence-corrected chi connectivity index (χ3v) is 5.16. The van der Waals surface area contributed by atoms with Crippen molar-refractivity contribution in [2.24, 2.45) is 5.41 Å². The summed E-state index contributed by atoms with van der Waals surface area (Å²) in [5, 5.41) is 3.19. The molecule has 0 aromatic carbocycles. The fourth-order valence-electron chi connectivity index (χ4n) is 3.87. The van der Waals surface area contributed by atoms with E-state index in [2.05, 4.69) is 10.3 Å². The van der Waals surface area contributed by atoms with E-state index in [0.29, 0.717) is 16.8 Å². The van der Waals surface area contributed by atoms with Gasteiger partial charge >= 0.3 is 0 Å². The number of carbonyl (C=O) groups is 1. The normalized spacial score (nSPS) is 20.7. The Hall–Kier alpha value is -1.58. The standard InChI is InChI=1S/C17H25N3O/c1-2-18-15-14(6-5-11-19-15)16(21)20-12-9-17(10-13-20)7-3-4-8-17/h5-6,11H,2-4,7-10,12-13H2,1H3,(H,18,19). The average molecular weight is 287 g/mol. The first-order valence-electron chi connectivity index (χ1n) is 8.22. The van der Waals surface area contributed by atoms with E-state index in [0.717, 1.165) is 19.6 Å². The zero-order chi connectivity index (χ0) is 14.7. The summed E-state index contributed by atoms with van der Waals surface area (Å²) in [5.74, 6) is 0.845. The van der Waals surface area contributed by atoms with Crippen molar-refractivity contribution in [1.82, 2.24) is 9.88 Å². The summed E-state index contributed by atoms with van der Waals surface area (Å²) in [6.07, 6.45) is 9.57. The Morgan fingerprint density at radius 3 is 2.67 bits per heavy atom. The lowest BCUT2D eigenvalue weighted by Gasteiger charge is -2.39. The van der Waals surface area contributed by atoms with Gasteiger partial charge in [-0.1, -0.05) is 12.8 Å². The molecule has 1 saturated heterocycles. The molecule has 0 bridgehead atoms. The molecule has 4 nitrogen and oxygen atoms in total. The summed E-state index contributed by atoms with van der Waals surface area (Å²) >= 11 is 0. The fraction of sp³-hybridized carbons (Fsp3) is 0.647. The Morgan fingerprint density at radius 2 is 2.00 bits per heavy atom. The van der Waals surface area contributed by atoms with Crippen molar-refractivity contribution in [1.29, 1.82) is 0 Å². The first-order valence-corrected chi connectivity index (χ1v) is 8.22. The van der Waals surface area contributed by atoms with Crippen LogP contribution in [0.5, 0.6) is 0 Å². The van der Waals surface area contributed by atoms with Gasteiger partial charge in [-0.3, -0.25) is 4.79 Å². The van der Waals surface area contributed by atoms with Gasteiger partial charge in [0, 0.05) is 25.8 Å². The summed E-state index contributed by atoms with van der Waals surface area (Å²) in [4.78, 5) is 19.1. The maximum Gasteiger partial charge on any atom is 0.257 e. The number of piperidine rings is 1. The third kappa shape index (κ3) is 2.89. The molecule has 114 valence electrons. The van der Waals surface area contributed by atoms with Gasteiger partial charge in [-0.05, 0) is 50.2 Å². The second-order valence-corrected chi connectivity index (χ2v) is 6.43. The molecule has 1 aromatic heterocycles. The van der Waals surface area contributed by atoms with Gasteiger partial charge in [-0.25, -0.2) is 4.98 Å². The lowest BCUT2D eigenvalue weighted by Crippen LogP contribution is -2.42. The Morgan fingerprint density at radius 1 is 1.29 bits per heavy atom. The summed E-state index contributed by atoms with van der Waals surface area (Å²) in [5.41, 5.74) is 1.26. The van der Waals surface area contributed by atoms with Gasteiger partial charge in [-0.2, -0.15) is 0 Å². The number of hydrogen-bond acceptors (Lipinski definition) is 3. The lowest BCUT2D eigenvalue weighted by atomic mass is 9.77. The van der Waals surface area contributed by atoms with Crippen LogP contribution in [0.2, 0.25) is 0 Å². The van der Waals surface area contributed by atoms with Crippen molar-refractivity contribution in [2.45, 2.75) is 45.4 Å². The molecule has 1 N–H and O–H groups in total. The summed E-state index contributed by atoms with van der Waals surface area (Å²) in [7, 11) is 0. The van der Waals surface area contributed by atoms with Gasteiger partial charge in [0.1, 0.15) is 5.82 Å². The van der Waals surface area contributed by atoms with Crippen LogP contribution < -0.4 is 5.32 Å². The molecule has 0 radical (unpaired) electrons. The number of anilines is 1. The number of carbonyl (C=O) groups excluding carboxylic acids is 1. The molecular weight excluding hydrogens is 262 g/mol. The minimum absolute atomic E-state index is 0.131. The molecule has 1 spiro atoms. The van der Waals surface area contributed by atoms with E-state index in [9.17, 15) is 4.79 Å². The highest BCUT2D eigenvalue weighted by molar-refractivity contribution is 5.98. The van der Waals surface area contributed by atoms with Gasteiger partial charge < -0.3 is 10.2 Å². The topological polar surface area (TPSA) is 45.2 Å². The minimum atomic E-state index is 0.131. The van der Waals surface area contributed by atoms with Crippen LogP contribution in [-0.2, 0) is 0 Å². The molecule has 1 aliphatic heterocycles. The summed E-state index contributed by atoms with van der Waals surface area (Å²) < 4.78 is 0. The molecule has 1 saturated carbocycles. The van der Waals surface area contributed by atoms with Crippen LogP contribution in [0.15, 0.2) is 18.3 Å². The number of aromatic nitrogens is 1. The average Bonchev–Trinajstić information content (AvgIpc) is 2.97. The number of pyridine rings is 1. The monoisotopic (exact) mass is 287 g/mol. The van der Waals surface area contributed by atoms with Crippen LogP contribution in [0.25, 0.3) is 0 Å². The largest absolute Gasteiger partial charge is 0.370 e. The number of nitrogens with one attached hydrogen (secondary N) is 1. The molecule has 2 fully saturated rings. The van der Waals surface area contributed by atoms with E-state index in [1.807, 2.05) is 24.0 Å². The Labute approximate surface area is 126 Å². The maximum atomic E-state index is 12.7. The van der Waals surface area contributed by atoms with Crippen LogP contribution in [0.1, 0.15) is 55.8 Å². The fourth-order valence-corrected chi connectivity index (χ4v) is 3.87. The van der Waals surface area contributed by atoms with E-state index in [-0.39, 0.29) is 5.91 Å². The highest BCUT2D eigenvalue weighted by Gasteiger charge is 2.38. The molecular formula is C17H25N3O. The third-order valence-electron chi connectivity index (χ3n) is 5.16.